The van der Waals surface area contributed by atoms with E-state index in [-0.39, 0.29) is 16.8 Å². The standard InChI is InChI=1S/C11H20ClN3O2S/c1-5-9(6-2)15(4)18(16,17)11-8(3)13-14-10(11)7-12/h9H,5-7H2,1-4H3,(H,13,14). The van der Waals surface area contributed by atoms with Gasteiger partial charge in [0.15, 0.2) is 0 Å². The van der Waals surface area contributed by atoms with Crippen LogP contribution in [-0.2, 0) is 15.9 Å². The van der Waals surface area contributed by atoms with Crippen LogP contribution < -0.4 is 0 Å². The van der Waals surface area contributed by atoms with Gasteiger partial charge in [-0.3, -0.25) is 5.10 Å². The summed E-state index contributed by atoms with van der Waals surface area (Å²) in [4.78, 5) is 0.215. The van der Waals surface area contributed by atoms with Gasteiger partial charge in [0.1, 0.15) is 4.90 Å². The van der Waals surface area contributed by atoms with Crippen molar-refractivity contribution in [1.82, 2.24) is 14.5 Å². The summed E-state index contributed by atoms with van der Waals surface area (Å²) >= 11 is 5.74. The van der Waals surface area contributed by atoms with Crippen LogP contribution in [0, 0.1) is 6.92 Å². The molecule has 7 heteroatoms. The van der Waals surface area contributed by atoms with Crippen molar-refractivity contribution in [2.45, 2.75) is 50.4 Å². The zero-order valence-corrected chi connectivity index (χ0v) is 12.8. The number of sulfonamides is 1. The minimum atomic E-state index is -3.54. The van der Waals surface area contributed by atoms with E-state index in [2.05, 4.69) is 10.2 Å². The molecule has 0 radical (unpaired) electrons. The topological polar surface area (TPSA) is 66.1 Å². The molecule has 1 heterocycles. The minimum absolute atomic E-state index is 0.00697. The van der Waals surface area contributed by atoms with Crippen LogP contribution in [0.25, 0.3) is 0 Å². The quantitative estimate of drug-likeness (QED) is 0.818. The van der Waals surface area contributed by atoms with Crippen molar-refractivity contribution in [1.29, 1.82) is 0 Å². The lowest BCUT2D eigenvalue weighted by Crippen LogP contribution is -2.36. The Hall–Kier alpha value is -0.590. The van der Waals surface area contributed by atoms with Crippen LogP contribution in [-0.4, -0.2) is 36.0 Å². The van der Waals surface area contributed by atoms with Crippen LogP contribution in [0.3, 0.4) is 0 Å². The smallest absolute Gasteiger partial charge is 0.246 e. The average molecular weight is 294 g/mol. The number of nitrogens with zero attached hydrogens (tertiary/aromatic N) is 2. The maximum absolute atomic E-state index is 12.6. The van der Waals surface area contributed by atoms with Gasteiger partial charge in [0.2, 0.25) is 10.0 Å². The fourth-order valence-electron chi connectivity index (χ4n) is 2.05. The van der Waals surface area contributed by atoms with E-state index in [9.17, 15) is 8.42 Å². The summed E-state index contributed by atoms with van der Waals surface area (Å²) in [5, 5.41) is 6.61. The molecule has 1 aromatic heterocycles. The van der Waals surface area contributed by atoms with Gasteiger partial charge >= 0.3 is 0 Å². The Balaban J connectivity index is 3.24. The van der Waals surface area contributed by atoms with Crippen molar-refractivity contribution in [2.24, 2.45) is 0 Å². The maximum Gasteiger partial charge on any atom is 0.246 e. The molecule has 1 rings (SSSR count). The summed E-state index contributed by atoms with van der Waals surface area (Å²) in [7, 11) is -1.93. The Labute approximate surface area is 114 Å². The number of rotatable bonds is 6. The van der Waals surface area contributed by atoms with E-state index in [1.165, 1.54) is 4.31 Å². The molecule has 0 bridgehead atoms. The molecule has 0 amide bonds. The van der Waals surface area contributed by atoms with Crippen LogP contribution in [0.4, 0.5) is 0 Å². The highest BCUT2D eigenvalue weighted by molar-refractivity contribution is 7.89. The Morgan fingerprint density at radius 3 is 2.39 bits per heavy atom. The summed E-state index contributed by atoms with van der Waals surface area (Å²) in [6, 6.07) is -0.00697. The third kappa shape index (κ3) is 2.70. The normalized spacial score (nSPS) is 12.6. The summed E-state index contributed by atoms with van der Waals surface area (Å²) in [5.41, 5.74) is 0.912. The molecule has 0 saturated carbocycles. The van der Waals surface area contributed by atoms with E-state index < -0.39 is 10.0 Å². The van der Waals surface area contributed by atoms with Gasteiger partial charge in [-0.1, -0.05) is 13.8 Å². The number of aromatic amines is 1. The molecule has 1 aromatic rings. The Kier molecular flexibility index (Phi) is 5.19. The van der Waals surface area contributed by atoms with Gasteiger partial charge in [0.25, 0.3) is 0 Å². The highest BCUT2D eigenvalue weighted by Crippen LogP contribution is 2.25. The molecule has 0 atom stereocenters. The number of aryl methyl sites for hydroxylation is 1. The molecular weight excluding hydrogens is 274 g/mol. The van der Waals surface area contributed by atoms with Crippen molar-refractivity contribution in [3.8, 4) is 0 Å². The largest absolute Gasteiger partial charge is 0.281 e. The Bertz CT molecular complexity index is 494. The van der Waals surface area contributed by atoms with Gasteiger partial charge in [0.05, 0.1) is 17.3 Å². The number of hydrogen-bond donors (Lipinski definition) is 1. The molecule has 0 saturated heterocycles. The van der Waals surface area contributed by atoms with Gasteiger partial charge in [-0.15, -0.1) is 11.6 Å². The second-order valence-corrected chi connectivity index (χ2v) is 6.45. The zero-order valence-electron chi connectivity index (χ0n) is 11.2. The Morgan fingerprint density at radius 1 is 1.39 bits per heavy atom. The molecular formula is C11H20ClN3O2S. The van der Waals surface area contributed by atoms with Gasteiger partial charge in [-0.25, -0.2) is 8.42 Å². The highest BCUT2D eigenvalue weighted by Gasteiger charge is 2.31. The van der Waals surface area contributed by atoms with E-state index in [1.807, 2.05) is 13.8 Å². The van der Waals surface area contributed by atoms with Gasteiger partial charge < -0.3 is 0 Å². The maximum atomic E-state index is 12.6. The van der Waals surface area contributed by atoms with Crippen LogP contribution in [0.2, 0.25) is 0 Å². The molecule has 0 aliphatic rings. The van der Waals surface area contributed by atoms with Crippen molar-refractivity contribution >= 4 is 21.6 Å². The Morgan fingerprint density at radius 2 is 1.94 bits per heavy atom. The second-order valence-electron chi connectivity index (χ2n) is 4.25. The lowest BCUT2D eigenvalue weighted by atomic mass is 10.2. The van der Waals surface area contributed by atoms with Gasteiger partial charge in [0, 0.05) is 13.1 Å². The van der Waals surface area contributed by atoms with Crippen molar-refractivity contribution in [3.05, 3.63) is 11.4 Å². The summed E-state index contributed by atoms with van der Waals surface area (Å²) in [5.74, 6) is 0.0790. The van der Waals surface area contributed by atoms with Gasteiger partial charge in [-0.2, -0.15) is 9.40 Å². The number of alkyl halides is 1. The van der Waals surface area contributed by atoms with Crippen molar-refractivity contribution in [3.63, 3.8) is 0 Å². The molecule has 0 spiro atoms. The van der Waals surface area contributed by atoms with Crippen LogP contribution in [0.1, 0.15) is 38.1 Å². The first-order chi connectivity index (χ1) is 8.39. The number of nitrogens with one attached hydrogen (secondary N) is 1. The molecule has 1 N–H and O–H groups in total. The lowest BCUT2D eigenvalue weighted by Gasteiger charge is -2.25. The SMILES string of the molecule is CCC(CC)N(C)S(=O)(=O)c1c(CCl)n[nH]c1C. The third-order valence-corrected chi connectivity index (χ3v) is 5.55. The highest BCUT2D eigenvalue weighted by atomic mass is 35.5. The van der Waals surface area contributed by atoms with Crippen molar-refractivity contribution < 1.29 is 8.42 Å². The molecule has 0 aromatic carbocycles. The number of H-pyrrole nitrogens is 1. The van der Waals surface area contributed by atoms with Crippen molar-refractivity contribution in [2.75, 3.05) is 7.05 Å². The predicted octanol–water partition coefficient (Wildman–Crippen LogP) is 2.27. The molecule has 0 fully saturated rings. The first-order valence-corrected chi connectivity index (χ1v) is 7.95. The fraction of sp³-hybridized carbons (Fsp3) is 0.727. The molecule has 0 aliphatic heterocycles. The number of aromatic nitrogens is 2. The monoisotopic (exact) mass is 293 g/mol. The first-order valence-electron chi connectivity index (χ1n) is 5.97. The summed E-state index contributed by atoms with van der Waals surface area (Å²) in [6.45, 7) is 5.65. The van der Waals surface area contributed by atoms with Crippen LogP contribution in [0.15, 0.2) is 4.90 Å². The number of hydrogen-bond acceptors (Lipinski definition) is 3. The van der Waals surface area contributed by atoms with Gasteiger partial charge in [-0.05, 0) is 19.8 Å². The molecule has 0 unspecified atom stereocenters. The second kappa shape index (κ2) is 6.04. The summed E-state index contributed by atoms with van der Waals surface area (Å²) in [6.07, 6.45) is 1.55. The molecule has 18 heavy (non-hydrogen) atoms. The summed E-state index contributed by atoms with van der Waals surface area (Å²) < 4.78 is 26.5. The predicted molar refractivity (Wildman–Crippen MR) is 72.2 cm³/mol. The van der Waals surface area contributed by atoms with E-state index in [1.54, 1.807) is 14.0 Å². The molecule has 0 aliphatic carbocycles. The zero-order chi connectivity index (χ0) is 13.9. The lowest BCUT2D eigenvalue weighted by molar-refractivity contribution is 0.349. The first kappa shape index (κ1) is 15.5. The number of halogens is 1. The minimum Gasteiger partial charge on any atom is -0.281 e. The van der Waals surface area contributed by atoms with E-state index in [0.717, 1.165) is 12.8 Å². The average Bonchev–Trinajstić information content (AvgIpc) is 2.72. The van der Waals surface area contributed by atoms with Crippen LogP contribution in [0.5, 0.6) is 0 Å². The molecule has 5 nitrogen and oxygen atoms in total. The van der Waals surface area contributed by atoms with E-state index in [0.29, 0.717) is 11.4 Å². The fourth-order valence-corrected chi connectivity index (χ4v) is 4.14. The molecule has 104 valence electrons. The van der Waals surface area contributed by atoms with E-state index in [4.69, 9.17) is 11.6 Å². The van der Waals surface area contributed by atoms with Crippen LogP contribution >= 0.6 is 11.6 Å². The third-order valence-electron chi connectivity index (χ3n) is 3.18. The van der Waals surface area contributed by atoms with E-state index >= 15 is 0 Å².